The predicted octanol–water partition coefficient (Wildman–Crippen LogP) is 4.12. The van der Waals surface area contributed by atoms with Crippen LogP contribution in [0.1, 0.15) is 47.5 Å². The van der Waals surface area contributed by atoms with E-state index < -0.39 is 8.32 Å². The van der Waals surface area contributed by atoms with Gasteiger partial charge in [-0.1, -0.05) is 46.3 Å². The molecule has 0 aliphatic rings. The maximum absolute atomic E-state index is 8.92. The lowest BCUT2D eigenvalue weighted by Crippen LogP contribution is -2.47. The van der Waals surface area contributed by atoms with Crippen LogP contribution in [0.2, 0.25) is 18.1 Å². The number of aliphatic hydroxyl groups excluding tert-OH is 1. The first-order valence-electron chi connectivity index (χ1n) is 6.57. The van der Waals surface area contributed by atoms with Crippen LogP contribution in [0.25, 0.3) is 0 Å². The zero-order chi connectivity index (χ0) is 13.7. The van der Waals surface area contributed by atoms with Crippen molar-refractivity contribution < 1.29 is 9.53 Å². The predicted molar refractivity (Wildman–Crippen MR) is 77.8 cm³/mol. The lowest BCUT2D eigenvalue weighted by molar-refractivity contribution is 0.110. The Morgan fingerprint density at radius 2 is 1.71 bits per heavy atom. The molecule has 3 heteroatoms. The molecule has 0 fully saturated rings. The summed E-state index contributed by atoms with van der Waals surface area (Å²) in [5, 5.41) is 9.14. The number of rotatable bonds is 6. The highest BCUT2D eigenvalue weighted by Crippen LogP contribution is 2.40. The van der Waals surface area contributed by atoms with Crippen LogP contribution in [-0.4, -0.2) is 25.6 Å². The van der Waals surface area contributed by atoms with Gasteiger partial charge in [0.25, 0.3) is 0 Å². The van der Waals surface area contributed by atoms with Crippen LogP contribution < -0.4 is 0 Å². The topological polar surface area (TPSA) is 29.5 Å². The van der Waals surface area contributed by atoms with E-state index in [4.69, 9.17) is 9.53 Å². The van der Waals surface area contributed by atoms with Gasteiger partial charge in [-0.25, -0.2) is 0 Å². The van der Waals surface area contributed by atoms with Crippen molar-refractivity contribution in [3.8, 4) is 0 Å². The molecular formula is C14H30O2Si. The van der Waals surface area contributed by atoms with Gasteiger partial charge in [-0.05, 0) is 31.5 Å². The van der Waals surface area contributed by atoms with Crippen LogP contribution in [0.4, 0.5) is 0 Å². The van der Waals surface area contributed by atoms with Crippen LogP contribution in [0.15, 0.2) is 12.2 Å². The van der Waals surface area contributed by atoms with E-state index in [0.717, 1.165) is 12.8 Å². The fourth-order valence-electron chi connectivity index (χ4n) is 1.70. The van der Waals surface area contributed by atoms with Gasteiger partial charge in [-0.15, -0.1) is 0 Å². The molecule has 0 aliphatic carbocycles. The molecule has 1 N–H and O–H groups in total. The van der Waals surface area contributed by atoms with Crippen molar-refractivity contribution in [2.24, 2.45) is 0 Å². The molecule has 17 heavy (non-hydrogen) atoms. The fraction of sp³-hybridized carbons (Fsp3) is 0.857. The van der Waals surface area contributed by atoms with Crippen molar-refractivity contribution >= 4 is 8.32 Å². The number of aliphatic hydroxyl groups is 1. The van der Waals surface area contributed by atoms with Crippen LogP contribution in [0.3, 0.4) is 0 Å². The molecule has 102 valence electrons. The molecule has 0 aliphatic heterocycles. The quantitative estimate of drug-likeness (QED) is 0.574. The minimum absolute atomic E-state index is 0.0835. The Kier molecular flexibility index (Phi) is 6.12. The average molecular weight is 258 g/mol. The van der Waals surface area contributed by atoms with Crippen LogP contribution >= 0.6 is 0 Å². The third kappa shape index (κ3) is 5.36. The molecule has 0 aromatic rings. The Bertz CT molecular complexity index is 253. The van der Waals surface area contributed by atoms with Crippen molar-refractivity contribution in [3.63, 3.8) is 0 Å². The lowest BCUT2D eigenvalue weighted by Gasteiger charge is -2.43. The average Bonchev–Trinajstić information content (AvgIpc) is 2.12. The summed E-state index contributed by atoms with van der Waals surface area (Å²) >= 11 is 0. The normalized spacial score (nSPS) is 17.4. The summed E-state index contributed by atoms with van der Waals surface area (Å²) in [6, 6.07) is 0. The first-order valence-corrected chi connectivity index (χ1v) is 9.47. The van der Waals surface area contributed by atoms with E-state index in [1.807, 2.05) is 6.08 Å². The second-order valence-corrected chi connectivity index (χ2v) is 11.2. The molecule has 1 unspecified atom stereocenters. The van der Waals surface area contributed by atoms with Gasteiger partial charge < -0.3 is 9.53 Å². The molecule has 0 amide bonds. The molecular weight excluding hydrogens is 228 g/mol. The first kappa shape index (κ1) is 16.9. The molecule has 0 saturated carbocycles. The fourth-order valence-corrected chi connectivity index (χ4v) is 3.34. The van der Waals surface area contributed by atoms with Crippen molar-refractivity contribution in [2.75, 3.05) is 6.61 Å². The Morgan fingerprint density at radius 3 is 2.06 bits per heavy atom. The third-order valence-corrected chi connectivity index (χ3v) is 8.21. The van der Waals surface area contributed by atoms with Gasteiger partial charge in [0.05, 0.1) is 12.2 Å². The number of hydrogen-bond donors (Lipinski definition) is 1. The van der Waals surface area contributed by atoms with E-state index >= 15 is 0 Å². The highest BCUT2D eigenvalue weighted by molar-refractivity contribution is 6.74. The van der Waals surface area contributed by atoms with E-state index in [1.54, 1.807) is 6.08 Å². The van der Waals surface area contributed by atoms with Crippen LogP contribution in [-0.2, 0) is 4.43 Å². The summed E-state index contributed by atoms with van der Waals surface area (Å²) < 4.78 is 6.47. The standard InChI is InChI=1S/C14H30O2Si/c1-8-10-14(5,11-9-12-15)16-17(6,7)13(2,3)4/h9,11,15H,8,10,12H2,1-7H3. The molecule has 2 nitrogen and oxygen atoms in total. The van der Waals surface area contributed by atoms with Gasteiger partial charge in [-0.3, -0.25) is 0 Å². The van der Waals surface area contributed by atoms with Gasteiger partial charge in [0.2, 0.25) is 0 Å². The maximum Gasteiger partial charge on any atom is 0.193 e. The molecule has 0 aromatic carbocycles. The van der Waals surface area contributed by atoms with Gasteiger partial charge in [0.1, 0.15) is 0 Å². The smallest absolute Gasteiger partial charge is 0.193 e. The molecule has 0 aromatic heterocycles. The maximum atomic E-state index is 8.92. The van der Waals surface area contributed by atoms with Gasteiger partial charge in [0, 0.05) is 0 Å². The highest BCUT2D eigenvalue weighted by Gasteiger charge is 2.41. The van der Waals surface area contributed by atoms with E-state index in [9.17, 15) is 0 Å². The van der Waals surface area contributed by atoms with Crippen molar-refractivity contribution in [3.05, 3.63) is 12.2 Å². The van der Waals surface area contributed by atoms with Crippen molar-refractivity contribution in [2.45, 2.75) is 71.2 Å². The Balaban J connectivity index is 4.93. The van der Waals surface area contributed by atoms with Gasteiger partial charge >= 0.3 is 0 Å². The molecule has 0 heterocycles. The molecule has 0 bridgehead atoms. The zero-order valence-electron chi connectivity index (χ0n) is 12.6. The second-order valence-electron chi connectivity index (χ2n) is 6.51. The van der Waals surface area contributed by atoms with Crippen molar-refractivity contribution in [1.29, 1.82) is 0 Å². The number of hydrogen-bond acceptors (Lipinski definition) is 2. The summed E-state index contributed by atoms with van der Waals surface area (Å²) in [5.74, 6) is 0. The van der Waals surface area contributed by atoms with Crippen molar-refractivity contribution in [1.82, 2.24) is 0 Å². The zero-order valence-corrected chi connectivity index (χ0v) is 13.6. The molecule has 0 saturated heterocycles. The minimum atomic E-state index is -1.76. The molecule has 0 rings (SSSR count). The molecule has 1 atom stereocenters. The van der Waals surface area contributed by atoms with Crippen LogP contribution in [0, 0.1) is 0 Å². The van der Waals surface area contributed by atoms with Gasteiger partial charge in [-0.2, -0.15) is 0 Å². The Labute approximate surface area is 108 Å². The van der Waals surface area contributed by atoms with Gasteiger partial charge in [0.15, 0.2) is 8.32 Å². The summed E-state index contributed by atoms with van der Waals surface area (Å²) in [6.45, 7) is 15.7. The highest BCUT2D eigenvalue weighted by atomic mass is 28.4. The summed E-state index contributed by atoms with van der Waals surface area (Å²) in [5.41, 5.74) is -0.236. The first-order chi connectivity index (χ1) is 7.58. The molecule has 0 spiro atoms. The Morgan fingerprint density at radius 1 is 1.18 bits per heavy atom. The lowest BCUT2D eigenvalue weighted by atomic mass is 10.0. The van der Waals surface area contributed by atoms with E-state index in [-0.39, 0.29) is 17.2 Å². The van der Waals surface area contributed by atoms with E-state index in [0.29, 0.717) is 0 Å². The minimum Gasteiger partial charge on any atom is -0.408 e. The van der Waals surface area contributed by atoms with E-state index in [1.165, 1.54) is 0 Å². The SMILES string of the molecule is CCCC(C)(C=CCO)O[Si](C)(C)C(C)(C)C. The van der Waals surface area contributed by atoms with E-state index in [2.05, 4.69) is 47.7 Å². The Hall–Kier alpha value is -0.123. The second kappa shape index (κ2) is 6.16. The summed E-state index contributed by atoms with van der Waals surface area (Å²) in [7, 11) is -1.76. The largest absolute Gasteiger partial charge is 0.408 e. The summed E-state index contributed by atoms with van der Waals surface area (Å²) in [6.07, 6.45) is 5.90. The van der Waals surface area contributed by atoms with Crippen LogP contribution in [0.5, 0.6) is 0 Å². The third-order valence-electron chi connectivity index (χ3n) is 3.62. The monoisotopic (exact) mass is 258 g/mol. The molecule has 0 radical (unpaired) electrons. The summed E-state index contributed by atoms with van der Waals surface area (Å²) in [4.78, 5) is 0.